The van der Waals surface area contributed by atoms with Gasteiger partial charge in [0.25, 0.3) is 0 Å². The fourth-order valence-electron chi connectivity index (χ4n) is 2.70. The van der Waals surface area contributed by atoms with Crippen LogP contribution in [0.2, 0.25) is 0 Å². The van der Waals surface area contributed by atoms with Crippen molar-refractivity contribution >= 4 is 5.78 Å². The Morgan fingerprint density at radius 3 is 2.84 bits per heavy atom. The third kappa shape index (κ3) is 2.44. The van der Waals surface area contributed by atoms with Crippen LogP contribution in [0.5, 0.6) is 0 Å². The third-order valence-corrected chi connectivity index (χ3v) is 3.85. The lowest BCUT2D eigenvalue weighted by molar-refractivity contribution is -0.136. The van der Waals surface area contributed by atoms with E-state index < -0.39 is 0 Å². The van der Waals surface area contributed by atoms with Crippen molar-refractivity contribution in [1.82, 2.24) is 9.55 Å². The number of hydrogen-bond donors (Lipinski definition) is 0. The Balaban J connectivity index is 1.82. The van der Waals surface area contributed by atoms with Crippen LogP contribution in [0.4, 0.5) is 0 Å². The van der Waals surface area contributed by atoms with Crippen LogP contribution < -0.4 is 0 Å². The maximum atomic E-state index is 12.1. The summed E-state index contributed by atoms with van der Waals surface area (Å²) in [4.78, 5) is 16.6. The zero-order chi connectivity index (χ0) is 13.2. The first-order valence-electron chi connectivity index (χ1n) is 7.10. The maximum absolute atomic E-state index is 12.1. The highest BCUT2D eigenvalue weighted by atomic mass is 16.6. The summed E-state index contributed by atoms with van der Waals surface area (Å²) in [5, 5.41) is 0. The molecular formula is C14H20N2O3. The molecule has 1 fully saturated rings. The summed E-state index contributed by atoms with van der Waals surface area (Å²) in [6.45, 7) is 4.75. The van der Waals surface area contributed by atoms with E-state index in [2.05, 4.69) is 16.5 Å². The Bertz CT molecular complexity index is 477. The lowest BCUT2D eigenvalue weighted by Crippen LogP contribution is -2.36. The van der Waals surface area contributed by atoms with Gasteiger partial charge in [0, 0.05) is 18.7 Å². The molecule has 19 heavy (non-hydrogen) atoms. The number of fused-ring (bicyclic) bond motifs is 1. The number of carbonyl (C=O) groups excluding carboxylic acids is 1. The molecule has 5 nitrogen and oxygen atoms in total. The summed E-state index contributed by atoms with van der Waals surface area (Å²) in [6.07, 6.45) is 3.82. The molecule has 0 amide bonds. The van der Waals surface area contributed by atoms with Gasteiger partial charge in [0.15, 0.2) is 5.78 Å². The highest BCUT2D eigenvalue weighted by Crippen LogP contribution is 2.22. The van der Waals surface area contributed by atoms with E-state index in [1.165, 1.54) is 0 Å². The van der Waals surface area contributed by atoms with Gasteiger partial charge >= 0.3 is 0 Å². The van der Waals surface area contributed by atoms with E-state index in [9.17, 15) is 4.79 Å². The van der Waals surface area contributed by atoms with Crippen molar-refractivity contribution in [3.63, 3.8) is 0 Å². The average Bonchev–Trinajstić information content (AvgIpc) is 2.61. The van der Waals surface area contributed by atoms with Crippen LogP contribution in [-0.4, -0.2) is 34.7 Å². The molecule has 3 rings (SSSR count). The van der Waals surface area contributed by atoms with Crippen molar-refractivity contribution < 1.29 is 14.3 Å². The first-order valence-corrected chi connectivity index (χ1v) is 7.10. The Kier molecular flexibility index (Phi) is 3.66. The average molecular weight is 264 g/mol. The highest BCUT2D eigenvalue weighted by molar-refractivity contribution is 5.95. The first-order chi connectivity index (χ1) is 9.29. The predicted octanol–water partition coefficient (Wildman–Crippen LogP) is 1.73. The number of hydrogen-bond acceptors (Lipinski definition) is 4. The molecule has 0 bridgehead atoms. The minimum atomic E-state index is 0.188. The lowest BCUT2D eigenvalue weighted by atomic mass is 10.2. The summed E-state index contributed by atoms with van der Waals surface area (Å²) in [6, 6.07) is 0. The van der Waals surface area contributed by atoms with Gasteiger partial charge in [-0.3, -0.25) is 4.79 Å². The zero-order valence-electron chi connectivity index (χ0n) is 11.4. The monoisotopic (exact) mass is 264 g/mol. The highest BCUT2D eigenvalue weighted by Gasteiger charge is 2.25. The molecule has 5 heteroatoms. The number of nitrogens with zero attached hydrogens (tertiary/aromatic N) is 2. The topological polar surface area (TPSA) is 53.4 Å². The molecule has 1 saturated heterocycles. The van der Waals surface area contributed by atoms with E-state index in [0.29, 0.717) is 31.9 Å². The standard InChI is InChI=1S/C14H20N2O3/c1-2-16-11-5-3-4-6-12(17)14(11)15-13(16)9-19-10-7-18-8-10/h10H,2-9H2,1H3. The van der Waals surface area contributed by atoms with Gasteiger partial charge < -0.3 is 14.0 Å². The van der Waals surface area contributed by atoms with E-state index >= 15 is 0 Å². The van der Waals surface area contributed by atoms with Gasteiger partial charge in [-0.15, -0.1) is 0 Å². The molecule has 0 atom stereocenters. The molecule has 2 heterocycles. The van der Waals surface area contributed by atoms with Crippen LogP contribution in [0, 0.1) is 0 Å². The van der Waals surface area contributed by atoms with Gasteiger partial charge in [-0.1, -0.05) is 0 Å². The lowest BCUT2D eigenvalue weighted by Gasteiger charge is -2.25. The van der Waals surface area contributed by atoms with E-state index in [-0.39, 0.29) is 11.9 Å². The summed E-state index contributed by atoms with van der Waals surface area (Å²) in [5.41, 5.74) is 1.79. The molecule has 0 unspecified atom stereocenters. The number of ether oxygens (including phenoxy) is 2. The van der Waals surface area contributed by atoms with Crippen molar-refractivity contribution in [3.8, 4) is 0 Å². The van der Waals surface area contributed by atoms with E-state index in [4.69, 9.17) is 9.47 Å². The van der Waals surface area contributed by atoms with Crippen LogP contribution in [-0.2, 0) is 29.0 Å². The molecule has 0 aromatic carbocycles. The molecule has 0 radical (unpaired) electrons. The van der Waals surface area contributed by atoms with Crippen LogP contribution >= 0.6 is 0 Å². The Hall–Kier alpha value is -1.20. The van der Waals surface area contributed by atoms with Crippen LogP contribution in [0.25, 0.3) is 0 Å². The number of Topliss-reactive ketones (excluding diaryl/α,β-unsaturated/α-hetero) is 1. The second-order valence-electron chi connectivity index (χ2n) is 5.17. The minimum Gasteiger partial charge on any atom is -0.376 e. The normalized spacial score (nSPS) is 19.9. The number of aromatic nitrogens is 2. The minimum absolute atomic E-state index is 0.188. The third-order valence-electron chi connectivity index (χ3n) is 3.85. The van der Waals surface area contributed by atoms with E-state index in [1.807, 2.05) is 0 Å². The molecule has 0 saturated carbocycles. The first kappa shape index (κ1) is 12.8. The zero-order valence-corrected chi connectivity index (χ0v) is 11.4. The number of imidazole rings is 1. The van der Waals surface area contributed by atoms with Gasteiger partial charge in [0.1, 0.15) is 24.2 Å². The molecule has 0 spiro atoms. The fourth-order valence-corrected chi connectivity index (χ4v) is 2.70. The van der Waals surface area contributed by atoms with Crippen molar-refractivity contribution in [2.45, 2.75) is 51.9 Å². The van der Waals surface area contributed by atoms with Crippen molar-refractivity contribution in [2.75, 3.05) is 13.2 Å². The molecule has 1 aliphatic carbocycles. The Morgan fingerprint density at radius 2 is 2.16 bits per heavy atom. The van der Waals surface area contributed by atoms with Crippen LogP contribution in [0.3, 0.4) is 0 Å². The molecule has 0 N–H and O–H groups in total. The van der Waals surface area contributed by atoms with Gasteiger partial charge in [0.05, 0.1) is 13.2 Å². The largest absolute Gasteiger partial charge is 0.376 e. The quantitative estimate of drug-likeness (QED) is 0.777. The van der Waals surface area contributed by atoms with Crippen molar-refractivity contribution in [1.29, 1.82) is 0 Å². The molecule has 1 aliphatic heterocycles. The van der Waals surface area contributed by atoms with Crippen molar-refractivity contribution in [3.05, 3.63) is 17.2 Å². The Labute approximate surface area is 112 Å². The van der Waals surface area contributed by atoms with Gasteiger partial charge in [-0.25, -0.2) is 4.98 Å². The number of rotatable bonds is 4. The van der Waals surface area contributed by atoms with Gasteiger partial charge in [-0.05, 0) is 26.2 Å². The fraction of sp³-hybridized carbons (Fsp3) is 0.714. The summed E-state index contributed by atoms with van der Waals surface area (Å²) < 4.78 is 13.0. The van der Waals surface area contributed by atoms with E-state index in [0.717, 1.165) is 37.3 Å². The summed E-state index contributed by atoms with van der Waals surface area (Å²) >= 11 is 0. The van der Waals surface area contributed by atoms with E-state index in [1.54, 1.807) is 0 Å². The molecular weight excluding hydrogens is 244 g/mol. The number of ketones is 1. The van der Waals surface area contributed by atoms with Gasteiger partial charge in [0.2, 0.25) is 0 Å². The molecule has 104 valence electrons. The summed E-state index contributed by atoms with van der Waals surface area (Å²) in [5.74, 6) is 1.07. The van der Waals surface area contributed by atoms with Crippen LogP contribution in [0.1, 0.15) is 48.2 Å². The molecule has 2 aliphatic rings. The Morgan fingerprint density at radius 1 is 1.37 bits per heavy atom. The summed E-state index contributed by atoms with van der Waals surface area (Å²) in [7, 11) is 0. The maximum Gasteiger partial charge on any atom is 0.183 e. The van der Waals surface area contributed by atoms with Gasteiger partial charge in [-0.2, -0.15) is 0 Å². The smallest absolute Gasteiger partial charge is 0.183 e. The second kappa shape index (κ2) is 5.43. The molecule has 1 aromatic rings. The second-order valence-corrected chi connectivity index (χ2v) is 5.17. The predicted molar refractivity (Wildman–Crippen MR) is 69.2 cm³/mol. The van der Waals surface area contributed by atoms with Crippen LogP contribution in [0.15, 0.2) is 0 Å². The number of carbonyl (C=O) groups is 1. The van der Waals surface area contributed by atoms with Crippen molar-refractivity contribution in [2.24, 2.45) is 0 Å². The SMILES string of the molecule is CCn1c(COC2COC2)nc2c1CCCCC2=O. The molecule has 1 aromatic heterocycles.